The van der Waals surface area contributed by atoms with Crippen LogP contribution in [0.3, 0.4) is 0 Å². The summed E-state index contributed by atoms with van der Waals surface area (Å²) in [6, 6.07) is -0.426. The Bertz CT molecular complexity index is 1680. The van der Waals surface area contributed by atoms with Gasteiger partial charge in [-0.25, -0.2) is 0 Å². The molecule has 0 spiro atoms. The van der Waals surface area contributed by atoms with Gasteiger partial charge in [-0.1, -0.05) is 145 Å². The van der Waals surface area contributed by atoms with Crippen LogP contribution in [0.25, 0.3) is 0 Å². The van der Waals surface area contributed by atoms with Crippen molar-refractivity contribution in [2.75, 3.05) is 0 Å². The number of phenolic OH excluding ortho intramolecular Hbond substituents is 2. The first-order chi connectivity index (χ1) is 30.1. The number of azo groups is 1. The Labute approximate surface area is 394 Å². The molecular weight excluding hydrogens is 789 g/mol. The molecule has 364 valence electrons. The Morgan fingerprint density at radius 1 is 0.438 bits per heavy atom. The summed E-state index contributed by atoms with van der Waals surface area (Å²) < 4.78 is 14.4. The summed E-state index contributed by atoms with van der Waals surface area (Å²) in [5.74, 6) is 7.13. The third-order valence-corrected chi connectivity index (χ3v) is 16.4. The van der Waals surface area contributed by atoms with Crippen molar-refractivity contribution in [2.45, 2.75) is 262 Å². The number of ether oxygens (including phenoxy) is 2. The minimum atomic E-state index is -0.547. The molecule has 0 amide bonds. The van der Waals surface area contributed by atoms with Crippen molar-refractivity contribution in [3.63, 3.8) is 0 Å². The van der Waals surface area contributed by atoms with Crippen LogP contribution < -0.4 is 9.47 Å². The number of rotatable bonds is 26. The van der Waals surface area contributed by atoms with Crippen LogP contribution in [0, 0.1) is 77.0 Å². The standard InChI is InChI=1S/C58H98N2O4/c1-37(2)23-17-25-39(5)27-19-29-41(7)31-21-33-57(15)51(35-49-47(13)53(61)43(9)45(11)55(49)63-57)59-60-52-36-50-48(14)54(62)44(10)46(12)56(50)64-58(52,16)34-22-32-42(8)30-20-28-40(6)26-18-24-38(3)4/h37-42,51-52,61-62H,17-36H2,1-16H3/t39-,40-,41+,42+,51?,52?,57-,58-/m0/s1. The van der Waals surface area contributed by atoms with Gasteiger partial charge in [0, 0.05) is 24.0 Å². The molecule has 64 heavy (non-hydrogen) atoms. The summed E-state index contributed by atoms with van der Waals surface area (Å²) in [4.78, 5) is 0. The van der Waals surface area contributed by atoms with E-state index in [1.165, 1.54) is 89.9 Å². The van der Waals surface area contributed by atoms with Crippen LogP contribution in [0.1, 0.15) is 229 Å². The summed E-state index contributed by atoms with van der Waals surface area (Å²) in [6.07, 6.45) is 23.6. The second-order valence-corrected chi connectivity index (χ2v) is 23.3. The Kier molecular flexibility index (Phi) is 20.5. The third kappa shape index (κ3) is 14.4. The van der Waals surface area contributed by atoms with Gasteiger partial charge in [-0.15, -0.1) is 0 Å². The van der Waals surface area contributed by atoms with E-state index in [0.717, 1.165) is 105 Å². The molecule has 0 saturated carbocycles. The topological polar surface area (TPSA) is 83.6 Å². The van der Waals surface area contributed by atoms with Gasteiger partial charge in [0.1, 0.15) is 46.3 Å². The number of aromatic hydroxyl groups is 2. The lowest BCUT2D eigenvalue weighted by molar-refractivity contribution is 0.0181. The number of benzene rings is 2. The second kappa shape index (κ2) is 24.3. The molecule has 2 N–H and O–H groups in total. The lowest BCUT2D eigenvalue weighted by atomic mass is 9.80. The fourth-order valence-electron chi connectivity index (χ4n) is 11.0. The first-order valence-corrected chi connectivity index (χ1v) is 26.5. The van der Waals surface area contributed by atoms with Crippen LogP contribution >= 0.6 is 0 Å². The van der Waals surface area contributed by atoms with E-state index >= 15 is 0 Å². The zero-order valence-electron chi connectivity index (χ0n) is 44.4. The molecule has 2 unspecified atom stereocenters. The molecule has 0 aromatic heterocycles. The molecule has 6 heteroatoms. The maximum atomic E-state index is 11.2. The Morgan fingerprint density at radius 2 is 0.719 bits per heavy atom. The maximum Gasteiger partial charge on any atom is 0.131 e. The average Bonchev–Trinajstić information content (AvgIpc) is 3.22. The van der Waals surface area contributed by atoms with Gasteiger partial charge in [0.2, 0.25) is 0 Å². The Hall–Kier alpha value is -2.76. The van der Waals surface area contributed by atoms with Gasteiger partial charge in [-0.2, -0.15) is 10.2 Å². The molecule has 2 aromatic carbocycles. The summed E-state index contributed by atoms with van der Waals surface area (Å²) in [6.45, 7) is 35.8. The molecule has 0 bridgehead atoms. The predicted molar refractivity (Wildman–Crippen MR) is 272 cm³/mol. The fraction of sp³-hybridized carbons (Fsp3) is 0.793. The molecule has 0 fully saturated rings. The maximum absolute atomic E-state index is 11.2. The molecule has 2 heterocycles. The highest BCUT2D eigenvalue weighted by Crippen LogP contribution is 2.48. The van der Waals surface area contributed by atoms with E-state index in [9.17, 15) is 10.2 Å². The highest BCUT2D eigenvalue weighted by atomic mass is 16.5. The largest absolute Gasteiger partial charge is 0.507 e. The number of fused-ring (bicyclic) bond motifs is 2. The van der Waals surface area contributed by atoms with Crippen LogP contribution in [0.15, 0.2) is 10.2 Å². The van der Waals surface area contributed by atoms with Crippen LogP contribution in [0.4, 0.5) is 0 Å². The zero-order valence-corrected chi connectivity index (χ0v) is 44.4. The van der Waals surface area contributed by atoms with Crippen molar-refractivity contribution in [1.29, 1.82) is 0 Å². The third-order valence-electron chi connectivity index (χ3n) is 16.4. The van der Waals surface area contributed by atoms with Crippen molar-refractivity contribution in [2.24, 2.45) is 45.7 Å². The normalized spacial score (nSPS) is 22.9. The molecule has 8 atom stereocenters. The van der Waals surface area contributed by atoms with E-state index in [4.69, 9.17) is 19.7 Å². The molecule has 0 radical (unpaired) electrons. The summed E-state index contributed by atoms with van der Waals surface area (Å²) in [5.41, 5.74) is 6.61. The molecule has 6 nitrogen and oxygen atoms in total. The van der Waals surface area contributed by atoms with Crippen LogP contribution in [0.2, 0.25) is 0 Å². The Morgan fingerprint density at radius 3 is 1.02 bits per heavy atom. The first-order valence-electron chi connectivity index (χ1n) is 26.5. The van der Waals surface area contributed by atoms with Crippen LogP contribution in [-0.4, -0.2) is 33.5 Å². The molecule has 2 aliphatic heterocycles. The Balaban J connectivity index is 1.53. The second-order valence-electron chi connectivity index (χ2n) is 23.3. The number of hydrogen-bond acceptors (Lipinski definition) is 6. The number of nitrogens with zero attached hydrogens (tertiary/aromatic N) is 2. The summed E-state index contributed by atoms with van der Waals surface area (Å²) >= 11 is 0. The lowest BCUT2D eigenvalue weighted by Gasteiger charge is -2.44. The van der Waals surface area contributed by atoms with E-state index in [0.29, 0.717) is 36.2 Å². The fourth-order valence-corrected chi connectivity index (χ4v) is 11.0. The van der Waals surface area contributed by atoms with Crippen molar-refractivity contribution in [3.8, 4) is 23.0 Å². The SMILES string of the molecule is Cc1c(C)c2c(c(C)c1O)CC(N=NC1Cc3c(C)c(O)c(C)c(C)c3O[C@@]1(C)CCC[C@H](C)CCC[C@@H](C)CCCC(C)C)[C@](C)(CCC[C@H](C)CCC[C@@H](C)CCCC(C)C)O2. The van der Waals surface area contributed by atoms with Gasteiger partial charge in [0.15, 0.2) is 0 Å². The van der Waals surface area contributed by atoms with E-state index in [-0.39, 0.29) is 12.1 Å². The zero-order chi connectivity index (χ0) is 47.5. The average molecular weight is 887 g/mol. The van der Waals surface area contributed by atoms with Crippen LogP contribution in [0.5, 0.6) is 23.0 Å². The summed E-state index contributed by atoms with van der Waals surface area (Å²) in [5, 5.41) is 33.1. The highest BCUT2D eigenvalue weighted by molar-refractivity contribution is 5.60. The molecule has 0 saturated heterocycles. The van der Waals surface area contributed by atoms with Crippen molar-refractivity contribution in [1.82, 2.24) is 0 Å². The minimum absolute atomic E-state index is 0.213. The van der Waals surface area contributed by atoms with E-state index in [2.05, 4.69) is 83.1 Å². The number of phenols is 2. The van der Waals surface area contributed by atoms with Gasteiger partial charge in [-0.05, 0) is 150 Å². The molecular formula is C58H98N2O4. The number of hydrogen-bond donors (Lipinski definition) is 2. The summed E-state index contributed by atoms with van der Waals surface area (Å²) in [7, 11) is 0. The highest BCUT2D eigenvalue weighted by Gasteiger charge is 2.46. The van der Waals surface area contributed by atoms with E-state index < -0.39 is 11.2 Å². The smallest absolute Gasteiger partial charge is 0.131 e. The van der Waals surface area contributed by atoms with Gasteiger partial charge in [0.05, 0.1) is 0 Å². The van der Waals surface area contributed by atoms with E-state index in [1.54, 1.807) is 0 Å². The lowest BCUT2D eigenvalue weighted by Crippen LogP contribution is -2.50. The molecule has 0 aliphatic carbocycles. The van der Waals surface area contributed by atoms with Gasteiger partial charge < -0.3 is 19.7 Å². The molecule has 4 rings (SSSR count). The minimum Gasteiger partial charge on any atom is -0.507 e. The quantitative estimate of drug-likeness (QED) is 0.0922. The predicted octanol–water partition coefficient (Wildman–Crippen LogP) is 17.1. The van der Waals surface area contributed by atoms with Gasteiger partial charge >= 0.3 is 0 Å². The molecule has 2 aliphatic rings. The van der Waals surface area contributed by atoms with Crippen molar-refractivity contribution >= 4 is 0 Å². The molecule has 2 aromatic rings. The van der Waals surface area contributed by atoms with E-state index in [1.807, 2.05) is 27.7 Å². The van der Waals surface area contributed by atoms with Crippen molar-refractivity contribution < 1.29 is 19.7 Å². The van der Waals surface area contributed by atoms with Gasteiger partial charge in [-0.3, -0.25) is 0 Å². The first kappa shape index (κ1) is 53.9. The van der Waals surface area contributed by atoms with Crippen molar-refractivity contribution in [3.05, 3.63) is 44.5 Å². The van der Waals surface area contributed by atoms with Gasteiger partial charge in [0.25, 0.3) is 0 Å². The monoisotopic (exact) mass is 887 g/mol. The van der Waals surface area contributed by atoms with Crippen LogP contribution in [-0.2, 0) is 12.8 Å².